The van der Waals surface area contributed by atoms with Crippen molar-refractivity contribution in [2.75, 3.05) is 5.73 Å². The SMILES string of the molecule is Cc1ccc(Cl)cc1-c1nc2c(N)cc(Br)cc2[nH]1. The van der Waals surface area contributed by atoms with E-state index in [1.165, 1.54) is 0 Å². The Kier molecular flexibility index (Phi) is 2.99. The van der Waals surface area contributed by atoms with Crippen molar-refractivity contribution in [3.8, 4) is 11.4 Å². The Labute approximate surface area is 123 Å². The van der Waals surface area contributed by atoms with E-state index in [1.807, 2.05) is 37.3 Å². The fourth-order valence-electron chi connectivity index (χ4n) is 2.08. The molecule has 2 aromatic carbocycles. The number of nitrogens with two attached hydrogens (primary N) is 1. The van der Waals surface area contributed by atoms with Crippen molar-refractivity contribution in [2.45, 2.75) is 6.92 Å². The molecule has 3 N–H and O–H groups in total. The van der Waals surface area contributed by atoms with E-state index in [9.17, 15) is 0 Å². The van der Waals surface area contributed by atoms with Gasteiger partial charge in [-0.3, -0.25) is 0 Å². The van der Waals surface area contributed by atoms with Crippen LogP contribution in [0.5, 0.6) is 0 Å². The number of H-pyrrole nitrogens is 1. The Morgan fingerprint density at radius 1 is 1.26 bits per heavy atom. The lowest BCUT2D eigenvalue weighted by Gasteiger charge is -2.02. The molecule has 0 unspecified atom stereocenters. The number of halogens is 2. The molecule has 5 heteroatoms. The zero-order valence-corrected chi connectivity index (χ0v) is 12.5. The molecule has 0 bridgehead atoms. The van der Waals surface area contributed by atoms with Crippen LogP contribution >= 0.6 is 27.5 Å². The topological polar surface area (TPSA) is 54.7 Å². The van der Waals surface area contributed by atoms with E-state index < -0.39 is 0 Å². The molecular formula is C14H11BrClN3. The number of anilines is 1. The van der Waals surface area contributed by atoms with Crippen LogP contribution in [0.25, 0.3) is 22.4 Å². The molecule has 96 valence electrons. The van der Waals surface area contributed by atoms with Gasteiger partial charge in [-0.1, -0.05) is 33.6 Å². The Balaban J connectivity index is 2.26. The third-order valence-corrected chi connectivity index (χ3v) is 3.73. The summed E-state index contributed by atoms with van der Waals surface area (Å²) in [6, 6.07) is 9.55. The van der Waals surface area contributed by atoms with Gasteiger partial charge in [0.25, 0.3) is 0 Å². The third kappa shape index (κ3) is 2.22. The molecule has 3 nitrogen and oxygen atoms in total. The average Bonchev–Trinajstić information content (AvgIpc) is 2.76. The number of nitrogens with zero attached hydrogens (tertiary/aromatic N) is 1. The summed E-state index contributed by atoms with van der Waals surface area (Å²) in [6.45, 7) is 2.03. The van der Waals surface area contributed by atoms with Crippen LogP contribution in [-0.2, 0) is 0 Å². The second kappa shape index (κ2) is 4.54. The number of hydrogen-bond acceptors (Lipinski definition) is 2. The summed E-state index contributed by atoms with van der Waals surface area (Å²) < 4.78 is 0.926. The van der Waals surface area contributed by atoms with E-state index in [2.05, 4.69) is 25.9 Å². The molecule has 19 heavy (non-hydrogen) atoms. The van der Waals surface area contributed by atoms with E-state index in [1.54, 1.807) is 0 Å². The lowest BCUT2D eigenvalue weighted by atomic mass is 10.1. The molecule has 0 aliphatic carbocycles. The zero-order valence-electron chi connectivity index (χ0n) is 10.2. The van der Waals surface area contributed by atoms with Crippen LogP contribution in [0.2, 0.25) is 5.02 Å². The Bertz CT molecular complexity index is 780. The minimum atomic E-state index is 0.645. The molecule has 0 amide bonds. The number of aryl methyl sites for hydroxylation is 1. The highest BCUT2D eigenvalue weighted by Crippen LogP contribution is 2.30. The first-order valence-corrected chi connectivity index (χ1v) is 6.93. The molecule has 0 spiro atoms. The van der Waals surface area contributed by atoms with E-state index in [0.717, 1.165) is 32.5 Å². The van der Waals surface area contributed by atoms with Crippen LogP contribution in [0.4, 0.5) is 5.69 Å². The Morgan fingerprint density at radius 2 is 2.05 bits per heavy atom. The fourth-order valence-corrected chi connectivity index (χ4v) is 2.73. The molecule has 0 saturated heterocycles. The highest BCUT2D eigenvalue weighted by molar-refractivity contribution is 9.10. The summed E-state index contributed by atoms with van der Waals surface area (Å²) in [5.74, 6) is 0.778. The highest BCUT2D eigenvalue weighted by Gasteiger charge is 2.11. The summed E-state index contributed by atoms with van der Waals surface area (Å²) in [7, 11) is 0. The number of hydrogen-bond donors (Lipinski definition) is 2. The molecule has 1 heterocycles. The number of imidazole rings is 1. The predicted molar refractivity (Wildman–Crippen MR) is 83.4 cm³/mol. The molecule has 0 saturated carbocycles. The minimum absolute atomic E-state index is 0.645. The number of aromatic nitrogens is 2. The van der Waals surface area contributed by atoms with Crippen molar-refractivity contribution in [1.82, 2.24) is 9.97 Å². The van der Waals surface area contributed by atoms with Gasteiger partial charge < -0.3 is 10.7 Å². The van der Waals surface area contributed by atoms with Crippen molar-refractivity contribution in [1.29, 1.82) is 0 Å². The van der Waals surface area contributed by atoms with Gasteiger partial charge >= 0.3 is 0 Å². The quantitative estimate of drug-likeness (QED) is 0.641. The lowest BCUT2D eigenvalue weighted by Crippen LogP contribution is -1.87. The first-order chi connectivity index (χ1) is 9.04. The summed E-state index contributed by atoms with van der Waals surface area (Å²) in [4.78, 5) is 7.85. The Hall–Kier alpha value is -1.52. The zero-order chi connectivity index (χ0) is 13.6. The van der Waals surface area contributed by atoms with Crippen molar-refractivity contribution >= 4 is 44.3 Å². The van der Waals surface area contributed by atoms with Crippen LogP contribution in [0, 0.1) is 6.92 Å². The van der Waals surface area contributed by atoms with E-state index in [4.69, 9.17) is 17.3 Å². The van der Waals surface area contributed by atoms with Crippen LogP contribution in [-0.4, -0.2) is 9.97 Å². The molecule has 0 aliphatic heterocycles. The summed E-state index contributed by atoms with van der Waals surface area (Å²) in [5.41, 5.74) is 10.4. The van der Waals surface area contributed by atoms with Crippen molar-refractivity contribution in [2.24, 2.45) is 0 Å². The van der Waals surface area contributed by atoms with Crippen molar-refractivity contribution < 1.29 is 0 Å². The smallest absolute Gasteiger partial charge is 0.138 e. The molecule has 3 aromatic rings. The van der Waals surface area contributed by atoms with Crippen molar-refractivity contribution in [3.05, 3.63) is 45.4 Å². The summed E-state index contributed by atoms with van der Waals surface area (Å²) >= 11 is 9.47. The van der Waals surface area contributed by atoms with Crippen molar-refractivity contribution in [3.63, 3.8) is 0 Å². The fraction of sp³-hybridized carbons (Fsp3) is 0.0714. The van der Waals surface area contributed by atoms with Crippen LogP contribution in [0.3, 0.4) is 0 Å². The second-order valence-electron chi connectivity index (χ2n) is 4.44. The van der Waals surface area contributed by atoms with Crippen LogP contribution in [0.15, 0.2) is 34.8 Å². The van der Waals surface area contributed by atoms with Gasteiger partial charge in [-0.25, -0.2) is 4.98 Å². The maximum Gasteiger partial charge on any atom is 0.138 e. The van der Waals surface area contributed by atoms with Gasteiger partial charge in [-0.05, 0) is 36.8 Å². The maximum absolute atomic E-state index is 6.05. The number of fused-ring (bicyclic) bond motifs is 1. The van der Waals surface area contributed by atoms with Gasteiger partial charge in [-0.15, -0.1) is 0 Å². The van der Waals surface area contributed by atoms with E-state index >= 15 is 0 Å². The number of rotatable bonds is 1. The number of nitrogens with one attached hydrogen (secondary N) is 1. The standard InChI is InChI=1S/C14H11BrClN3/c1-7-2-3-9(16)6-10(7)14-18-12-5-8(15)4-11(17)13(12)19-14/h2-6H,17H2,1H3,(H,18,19). The molecule has 0 atom stereocenters. The van der Waals surface area contributed by atoms with Gasteiger partial charge in [0.2, 0.25) is 0 Å². The largest absolute Gasteiger partial charge is 0.397 e. The number of aromatic amines is 1. The van der Waals surface area contributed by atoms with Gasteiger partial charge in [-0.2, -0.15) is 0 Å². The maximum atomic E-state index is 6.05. The second-order valence-corrected chi connectivity index (χ2v) is 5.79. The first kappa shape index (κ1) is 12.5. The van der Waals surface area contributed by atoms with E-state index in [-0.39, 0.29) is 0 Å². The molecule has 3 rings (SSSR count). The first-order valence-electron chi connectivity index (χ1n) is 5.76. The normalized spacial score (nSPS) is 11.1. The summed E-state index contributed by atoms with van der Waals surface area (Å²) in [5, 5.41) is 0.690. The molecular weight excluding hydrogens is 326 g/mol. The Morgan fingerprint density at radius 3 is 2.84 bits per heavy atom. The predicted octanol–water partition coefficient (Wildman–Crippen LogP) is 4.54. The molecule has 0 aliphatic rings. The molecule has 1 aromatic heterocycles. The van der Waals surface area contributed by atoms with Crippen LogP contribution < -0.4 is 5.73 Å². The average molecular weight is 337 g/mol. The minimum Gasteiger partial charge on any atom is -0.397 e. The summed E-state index contributed by atoms with van der Waals surface area (Å²) in [6.07, 6.45) is 0. The number of benzene rings is 2. The monoisotopic (exact) mass is 335 g/mol. The van der Waals surface area contributed by atoms with Gasteiger partial charge in [0.05, 0.1) is 11.2 Å². The molecule has 0 radical (unpaired) electrons. The lowest BCUT2D eigenvalue weighted by molar-refractivity contribution is 1.31. The van der Waals surface area contributed by atoms with Gasteiger partial charge in [0.15, 0.2) is 0 Å². The molecule has 0 fully saturated rings. The third-order valence-electron chi connectivity index (χ3n) is 3.04. The van der Waals surface area contributed by atoms with E-state index in [0.29, 0.717) is 10.7 Å². The van der Waals surface area contributed by atoms with Crippen LogP contribution in [0.1, 0.15) is 5.56 Å². The van der Waals surface area contributed by atoms with Gasteiger partial charge in [0, 0.05) is 15.1 Å². The number of nitrogen functional groups attached to an aromatic ring is 1. The highest BCUT2D eigenvalue weighted by atomic mass is 79.9. The van der Waals surface area contributed by atoms with Gasteiger partial charge in [0.1, 0.15) is 11.3 Å².